The minimum Gasteiger partial charge on any atom is -0.376 e. The number of rotatable bonds is 3. The molecule has 0 spiro atoms. The lowest BCUT2D eigenvalue weighted by Crippen LogP contribution is -1.94. The van der Waals surface area contributed by atoms with E-state index < -0.39 is 0 Å². The van der Waals surface area contributed by atoms with Crippen LogP contribution in [0.2, 0.25) is 0 Å². The molecule has 1 amide bonds. The first-order valence-electron chi connectivity index (χ1n) is 2.69. The van der Waals surface area contributed by atoms with Crippen molar-refractivity contribution >= 4 is 12.2 Å². The van der Waals surface area contributed by atoms with Crippen molar-refractivity contribution in [2.45, 2.75) is 6.73 Å². The summed E-state index contributed by atoms with van der Waals surface area (Å²) >= 11 is 0. The average molecular weight is 141 g/mol. The lowest BCUT2D eigenvalue weighted by molar-refractivity contribution is -0.105. The zero-order valence-corrected chi connectivity index (χ0v) is 5.19. The Bertz CT molecular complexity index is 220. The molecule has 0 aromatic carbocycles. The van der Waals surface area contributed by atoms with Gasteiger partial charge in [-0.3, -0.25) is 4.79 Å². The van der Waals surface area contributed by atoms with Crippen molar-refractivity contribution in [2.75, 3.05) is 5.32 Å². The molecular formula is C5H7N3O2. The monoisotopic (exact) mass is 141 g/mol. The predicted molar refractivity (Wildman–Crippen MR) is 34.1 cm³/mol. The normalized spacial score (nSPS) is 9.30. The fraction of sp³-hybridized carbons (Fsp3) is 0.200. The summed E-state index contributed by atoms with van der Waals surface area (Å²) in [6.07, 6.45) is 3.48. The van der Waals surface area contributed by atoms with Crippen molar-refractivity contribution in [1.29, 1.82) is 0 Å². The summed E-state index contributed by atoms with van der Waals surface area (Å²) in [4.78, 5) is 13.6. The molecule has 0 saturated heterocycles. The summed E-state index contributed by atoms with van der Waals surface area (Å²) in [6.45, 7) is -0.131. The van der Waals surface area contributed by atoms with Gasteiger partial charge in [0.2, 0.25) is 6.41 Å². The van der Waals surface area contributed by atoms with E-state index in [1.807, 2.05) is 0 Å². The zero-order chi connectivity index (χ0) is 7.40. The van der Waals surface area contributed by atoms with Gasteiger partial charge >= 0.3 is 0 Å². The summed E-state index contributed by atoms with van der Waals surface area (Å²) < 4.78 is 1.44. The van der Waals surface area contributed by atoms with E-state index in [1.165, 1.54) is 17.1 Å². The molecule has 54 valence electrons. The van der Waals surface area contributed by atoms with Gasteiger partial charge < -0.3 is 15.0 Å². The third-order valence-electron chi connectivity index (χ3n) is 1.00. The minimum atomic E-state index is -0.131. The number of aliphatic hydroxyl groups is 1. The van der Waals surface area contributed by atoms with Crippen molar-refractivity contribution in [3.05, 3.63) is 12.5 Å². The van der Waals surface area contributed by atoms with E-state index in [4.69, 9.17) is 5.11 Å². The molecule has 0 radical (unpaired) electrons. The van der Waals surface area contributed by atoms with Crippen molar-refractivity contribution in [2.24, 2.45) is 0 Å². The van der Waals surface area contributed by atoms with E-state index in [0.29, 0.717) is 12.2 Å². The molecule has 1 rings (SSSR count). The Morgan fingerprint density at radius 2 is 2.70 bits per heavy atom. The number of carbonyl (C=O) groups excluding carboxylic acids is 1. The second-order valence-corrected chi connectivity index (χ2v) is 1.68. The van der Waals surface area contributed by atoms with Gasteiger partial charge in [0.25, 0.3) is 0 Å². The van der Waals surface area contributed by atoms with Crippen LogP contribution in [-0.2, 0) is 11.5 Å². The molecule has 1 heterocycles. The Labute approximate surface area is 57.3 Å². The molecule has 5 nitrogen and oxygen atoms in total. The van der Waals surface area contributed by atoms with Gasteiger partial charge in [-0.2, -0.15) is 0 Å². The molecule has 0 aliphatic heterocycles. The Hall–Kier alpha value is -1.36. The van der Waals surface area contributed by atoms with Crippen molar-refractivity contribution in [3.63, 3.8) is 0 Å². The number of carbonyl (C=O) groups is 1. The number of imidazole rings is 1. The average Bonchev–Trinajstić information content (AvgIpc) is 2.37. The summed E-state index contributed by atoms with van der Waals surface area (Å²) in [7, 11) is 0. The van der Waals surface area contributed by atoms with Crippen molar-refractivity contribution in [3.8, 4) is 0 Å². The van der Waals surface area contributed by atoms with Crippen LogP contribution < -0.4 is 5.32 Å². The van der Waals surface area contributed by atoms with E-state index in [2.05, 4.69) is 10.3 Å². The van der Waals surface area contributed by atoms with Crippen LogP contribution in [0.25, 0.3) is 0 Å². The molecule has 0 aliphatic rings. The Morgan fingerprint density at radius 3 is 3.20 bits per heavy atom. The molecule has 0 unspecified atom stereocenters. The van der Waals surface area contributed by atoms with Gasteiger partial charge in [0, 0.05) is 0 Å². The predicted octanol–water partition coefficient (Wildman–Crippen LogP) is -0.599. The number of amides is 1. The van der Waals surface area contributed by atoms with Gasteiger partial charge in [0.15, 0.2) is 5.82 Å². The number of hydrogen-bond acceptors (Lipinski definition) is 3. The second-order valence-electron chi connectivity index (χ2n) is 1.68. The molecule has 0 fully saturated rings. The lowest BCUT2D eigenvalue weighted by atomic mass is 10.7. The number of nitrogens with zero attached hydrogens (tertiary/aromatic N) is 2. The fourth-order valence-corrected chi connectivity index (χ4v) is 0.572. The van der Waals surface area contributed by atoms with E-state index in [9.17, 15) is 4.79 Å². The van der Waals surface area contributed by atoms with E-state index in [-0.39, 0.29) is 6.73 Å². The first kappa shape index (κ1) is 6.76. The number of anilines is 1. The second kappa shape index (κ2) is 2.98. The molecule has 0 atom stereocenters. The maximum atomic E-state index is 9.85. The number of hydrogen-bond donors (Lipinski definition) is 2. The SMILES string of the molecule is O=CNc1cn(CO)cn1. The Balaban J connectivity index is 2.67. The number of nitrogens with one attached hydrogen (secondary N) is 1. The van der Waals surface area contributed by atoms with Gasteiger partial charge in [0.1, 0.15) is 6.73 Å². The smallest absolute Gasteiger partial charge is 0.212 e. The summed E-state index contributed by atoms with van der Waals surface area (Å²) in [5.41, 5.74) is 0. The van der Waals surface area contributed by atoms with Gasteiger partial charge in [-0.1, -0.05) is 0 Å². The lowest BCUT2D eigenvalue weighted by Gasteiger charge is -1.89. The quantitative estimate of drug-likeness (QED) is 0.552. The molecule has 0 bridgehead atoms. The molecule has 2 N–H and O–H groups in total. The molecule has 10 heavy (non-hydrogen) atoms. The van der Waals surface area contributed by atoms with Gasteiger partial charge in [-0.15, -0.1) is 0 Å². The summed E-state index contributed by atoms with van der Waals surface area (Å²) in [5.74, 6) is 0.434. The standard InChI is InChI=1S/C5H7N3O2/c9-3-7-5-1-8(4-10)2-6-5/h1-3,10H,4H2,(H,7,9). The van der Waals surface area contributed by atoms with Crippen LogP contribution in [-0.4, -0.2) is 21.1 Å². The molecule has 1 aromatic rings. The van der Waals surface area contributed by atoms with Crippen molar-refractivity contribution < 1.29 is 9.90 Å². The fourth-order valence-electron chi connectivity index (χ4n) is 0.572. The van der Waals surface area contributed by atoms with Crippen molar-refractivity contribution in [1.82, 2.24) is 9.55 Å². The van der Waals surface area contributed by atoms with Gasteiger partial charge in [0.05, 0.1) is 12.5 Å². The highest BCUT2D eigenvalue weighted by molar-refractivity contribution is 5.68. The largest absolute Gasteiger partial charge is 0.376 e. The zero-order valence-electron chi connectivity index (χ0n) is 5.19. The molecule has 0 aliphatic carbocycles. The van der Waals surface area contributed by atoms with Crippen LogP contribution in [0.3, 0.4) is 0 Å². The molecular weight excluding hydrogens is 134 g/mol. The highest BCUT2D eigenvalue weighted by Crippen LogP contribution is 1.98. The maximum Gasteiger partial charge on any atom is 0.212 e. The molecule has 5 heteroatoms. The molecule has 1 aromatic heterocycles. The summed E-state index contributed by atoms with van der Waals surface area (Å²) in [5, 5.41) is 10.9. The van der Waals surface area contributed by atoms with Crippen LogP contribution in [0.4, 0.5) is 5.82 Å². The van der Waals surface area contributed by atoms with Gasteiger partial charge in [-0.05, 0) is 0 Å². The van der Waals surface area contributed by atoms with E-state index in [1.54, 1.807) is 0 Å². The highest BCUT2D eigenvalue weighted by atomic mass is 16.3. The maximum absolute atomic E-state index is 9.85. The first-order valence-corrected chi connectivity index (χ1v) is 2.69. The van der Waals surface area contributed by atoms with Gasteiger partial charge in [-0.25, -0.2) is 4.98 Å². The molecule has 0 saturated carbocycles. The van der Waals surface area contributed by atoms with Crippen LogP contribution in [0, 0.1) is 0 Å². The topological polar surface area (TPSA) is 67.2 Å². The van der Waals surface area contributed by atoms with E-state index >= 15 is 0 Å². The highest BCUT2D eigenvalue weighted by Gasteiger charge is 1.92. The minimum absolute atomic E-state index is 0.131. The number of aliphatic hydroxyl groups excluding tert-OH is 1. The van der Waals surface area contributed by atoms with Crippen LogP contribution in [0.15, 0.2) is 12.5 Å². The third kappa shape index (κ3) is 1.32. The first-order chi connectivity index (χ1) is 4.86. The third-order valence-corrected chi connectivity index (χ3v) is 1.00. The van der Waals surface area contributed by atoms with E-state index in [0.717, 1.165) is 0 Å². The number of aromatic nitrogens is 2. The Kier molecular flexibility index (Phi) is 2.01. The Morgan fingerprint density at radius 1 is 1.90 bits per heavy atom. The van der Waals surface area contributed by atoms with Crippen LogP contribution in [0.5, 0.6) is 0 Å². The van der Waals surface area contributed by atoms with Crippen LogP contribution in [0.1, 0.15) is 0 Å². The summed E-state index contributed by atoms with van der Waals surface area (Å²) in [6, 6.07) is 0. The van der Waals surface area contributed by atoms with Crippen LogP contribution >= 0.6 is 0 Å².